The van der Waals surface area contributed by atoms with Crippen molar-refractivity contribution in [3.63, 3.8) is 0 Å². The zero-order chi connectivity index (χ0) is 19.7. The minimum atomic E-state index is -0.266. The third kappa shape index (κ3) is 3.64. The fourth-order valence-electron chi connectivity index (χ4n) is 3.16. The molecule has 1 fully saturated rings. The molecule has 0 spiro atoms. The van der Waals surface area contributed by atoms with Gasteiger partial charge in [-0.05, 0) is 79.7 Å². The van der Waals surface area contributed by atoms with Gasteiger partial charge >= 0.3 is 0 Å². The van der Waals surface area contributed by atoms with E-state index in [4.69, 9.17) is 0 Å². The summed E-state index contributed by atoms with van der Waals surface area (Å²) in [7, 11) is 0. The van der Waals surface area contributed by atoms with Crippen LogP contribution in [0.4, 0.5) is 10.1 Å². The number of nitrogens with zero attached hydrogens (tertiary/aromatic N) is 2. The number of amidine groups is 1. The van der Waals surface area contributed by atoms with Crippen molar-refractivity contribution in [1.29, 1.82) is 0 Å². The smallest absolute Gasteiger partial charge is 0.264 e. The molecule has 1 amide bonds. The van der Waals surface area contributed by atoms with Crippen molar-refractivity contribution in [2.24, 2.45) is 4.99 Å². The second-order valence-corrected chi connectivity index (χ2v) is 7.49. The zero-order valence-corrected chi connectivity index (χ0v) is 16.3. The Bertz CT molecular complexity index is 1100. The first kappa shape index (κ1) is 18.3. The molecule has 28 heavy (non-hydrogen) atoms. The highest BCUT2D eigenvalue weighted by molar-refractivity contribution is 8.18. The Balaban J connectivity index is 1.64. The van der Waals surface area contributed by atoms with E-state index in [1.54, 1.807) is 12.1 Å². The van der Waals surface area contributed by atoms with Gasteiger partial charge in [0.15, 0.2) is 5.17 Å². The average Bonchev–Trinajstić information content (AvgIpc) is 3.16. The second kappa shape index (κ2) is 7.48. The molecule has 0 saturated carbocycles. The number of aliphatic imine (C=N–C) groups is 1. The molecule has 1 aliphatic rings. The highest BCUT2D eigenvalue weighted by Gasteiger charge is 2.24. The topological polar surface area (TPSA) is 46.4 Å². The van der Waals surface area contributed by atoms with Crippen LogP contribution in [0.3, 0.4) is 0 Å². The number of amides is 1. The van der Waals surface area contributed by atoms with Gasteiger partial charge in [-0.3, -0.25) is 4.79 Å². The summed E-state index contributed by atoms with van der Waals surface area (Å²) >= 11 is 1.32. The molecule has 0 unspecified atom stereocenters. The average molecular weight is 391 g/mol. The Hall–Kier alpha value is -3.12. The van der Waals surface area contributed by atoms with Gasteiger partial charge in [-0.15, -0.1) is 0 Å². The summed E-state index contributed by atoms with van der Waals surface area (Å²) in [5.41, 5.74) is 4.62. The first-order valence-corrected chi connectivity index (χ1v) is 9.62. The SMILES string of the molecule is Cc1cc(/C=C2/SC(=Nc3ccccc3)NC2=O)c(C)n1-c1ccc(F)cc1. The van der Waals surface area contributed by atoms with Crippen LogP contribution in [0, 0.1) is 19.7 Å². The van der Waals surface area contributed by atoms with E-state index >= 15 is 0 Å². The Kier molecular flexibility index (Phi) is 4.88. The van der Waals surface area contributed by atoms with Gasteiger partial charge in [0, 0.05) is 17.1 Å². The van der Waals surface area contributed by atoms with Crippen molar-refractivity contribution in [3.05, 3.63) is 88.3 Å². The standard InChI is InChI=1S/C22H18FN3OS/c1-14-12-16(15(2)26(14)19-10-8-17(23)9-11-19)13-20-21(27)25-22(28-20)24-18-6-4-3-5-7-18/h3-13H,1-2H3,(H,24,25,27)/b20-13+. The second-order valence-electron chi connectivity index (χ2n) is 6.46. The van der Waals surface area contributed by atoms with Crippen molar-refractivity contribution in [2.45, 2.75) is 13.8 Å². The number of aryl methyl sites for hydroxylation is 1. The molecule has 4 rings (SSSR count). The van der Waals surface area contributed by atoms with Gasteiger partial charge in [-0.1, -0.05) is 18.2 Å². The van der Waals surface area contributed by atoms with E-state index in [2.05, 4.69) is 10.3 Å². The molecule has 1 aromatic heterocycles. The van der Waals surface area contributed by atoms with Gasteiger partial charge in [-0.25, -0.2) is 9.38 Å². The largest absolute Gasteiger partial charge is 0.318 e. The molecule has 140 valence electrons. The molecule has 0 bridgehead atoms. The molecule has 1 N–H and O–H groups in total. The summed E-state index contributed by atoms with van der Waals surface area (Å²) in [4.78, 5) is 17.4. The quantitative estimate of drug-likeness (QED) is 0.630. The summed E-state index contributed by atoms with van der Waals surface area (Å²) in [5.74, 6) is -0.427. The number of benzene rings is 2. The molecule has 6 heteroatoms. The predicted molar refractivity (Wildman–Crippen MR) is 112 cm³/mol. The lowest BCUT2D eigenvalue weighted by molar-refractivity contribution is -0.115. The van der Waals surface area contributed by atoms with Gasteiger partial charge in [0.25, 0.3) is 5.91 Å². The number of hydrogen-bond donors (Lipinski definition) is 1. The third-order valence-corrected chi connectivity index (χ3v) is 5.39. The van der Waals surface area contributed by atoms with E-state index in [1.165, 1.54) is 23.9 Å². The van der Waals surface area contributed by atoms with E-state index < -0.39 is 0 Å². The molecule has 0 aliphatic carbocycles. The van der Waals surface area contributed by atoms with Crippen LogP contribution in [0.5, 0.6) is 0 Å². The van der Waals surface area contributed by atoms with Gasteiger partial charge in [-0.2, -0.15) is 0 Å². The number of halogens is 1. The first-order valence-electron chi connectivity index (χ1n) is 8.81. The molecule has 3 aromatic rings. The third-order valence-electron chi connectivity index (χ3n) is 4.48. The summed E-state index contributed by atoms with van der Waals surface area (Å²) in [6.45, 7) is 3.97. The van der Waals surface area contributed by atoms with Crippen molar-refractivity contribution in [2.75, 3.05) is 0 Å². The van der Waals surface area contributed by atoms with Crippen LogP contribution < -0.4 is 5.32 Å². The van der Waals surface area contributed by atoms with Crippen LogP contribution in [-0.2, 0) is 4.79 Å². The number of rotatable bonds is 3. The maximum absolute atomic E-state index is 13.2. The summed E-state index contributed by atoms with van der Waals surface area (Å²) in [5, 5.41) is 3.37. The van der Waals surface area contributed by atoms with Crippen LogP contribution in [0.1, 0.15) is 17.0 Å². The lowest BCUT2D eigenvalue weighted by atomic mass is 10.2. The molecular formula is C22H18FN3OS. The number of hydrogen-bond acceptors (Lipinski definition) is 3. The van der Waals surface area contributed by atoms with E-state index in [0.717, 1.165) is 28.3 Å². The fraction of sp³-hybridized carbons (Fsp3) is 0.0909. The van der Waals surface area contributed by atoms with E-state index in [1.807, 2.05) is 60.9 Å². The van der Waals surface area contributed by atoms with E-state index in [0.29, 0.717) is 10.1 Å². The lowest BCUT2D eigenvalue weighted by Crippen LogP contribution is -2.19. The Labute approximate surface area is 166 Å². The first-order chi connectivity index (χ1) is 13.5. The molecule has 0 radical (unpaired) electrons. The predicted octanol–water partition coefficient (Wildman–Crippen LogP) is 5.12. The number of nitrogens with one attached hydrogen (secondary N) is 1. The Morgan fingerprint density at radius 2 is 1.79 bits per heavy atom. The van der Waals surface area contributed by atoms with Gasteiger partial charge in [0.05, 0.1) is 10.6 Å². The van der Waals surface area contributed by atoms with Crippen LogP contribution in [-0.4, -0.2) is 15.6 Å². The molecule has 1 saturated heterocycles. The van der Waals surface area contributed by atoms with Crippen LogP contribution in [0.2, 0.25) is 0 Å². The number of aromatic nitrogens is 1. The minimum Gasteiger partial charge on any atom is -0.318 e. The zero-order valence-electron chi connectivity index (χ0n) is 15.4. The molecule has 0 atom stereocenters. The summed E-state index contributed by atoms with van der Waals surface area (Å²) < 4.78 is 15.3. The number of carbonyl (C=O) groups is 1. The molecule has 2 heterocycles. The highest BCUT2D eigenvalue weighted by atomic mass is 32.2. The fourth-order valence-corrected chi connectivity index (χ4v) is 4.00. The maximum Gasteiger partial charge on any atom is 0.264 e. The van der Waals surface area contributed by atoms with Gasteiger partial charge in [0.2, 0.25) is 0 Å². The van der Waals surface area contributed by atoms with Gasteiger partial charge in [0.1, 0.15) is 5.82 Å². The van der Waals surface area contributed by atoms with E-state index in [9.17, 15) is 9.18 Å². The monoisotopic (exact) mass is 391 g/mol. The van der Waals surface area contributed by atoms with Crippen LogP contribution >= 0.6 is 11.8 Å². The molecule has 1 aliphatic heterocycles. The van der Waals surface area contributed by atoms with Crippen molar-refractivity contribution in [1.82, 2.24) is 9.88 Å². The minimum absolute atomic E-state index is 0.161. The van der Waals surface area contributed by atoms with Gasteiger partial charge < -0.3 is 9.88 Å². The summed E-state index contributed by atoms with van der Waals surface area (Å²) in [6.07, 6.45) is 1.87. The van der Waals surface area contributed by atoms with E-state index in [-0.39, 0.29) is 11.7 Å². The van der Waals surface area contributed by atoms with Crippen molar-refractivity contribution >= 4 is 34.6 Å². The number of thioether (sulfide) groups is 1. The highest BCUT2D eigenvalue weighted by Crippen LogP contribution is 2.30. The van der Waals surface area contributed by atoms with Crippen molar-refractivity contribution < 1.29 is 9.18 Å². The van der Waals surface area contributed by atoms with Crippen LogP contribution in [0.25, 0.3) is 11.8 Å². The van der Waals surface area contributed by atoms with Crippen LogP contribution in [0.15, 0.2) is 70.6 Å². The molecule has 4 nitrogen and oxygen atoms in total. The number of para-hydroxylation sites is 1. The molecular weight excluding hydrogens is 373 g/mol. The number of carbonyl (C=O) groups excluding carboxylic acids is 1. The Morgan fingerprint density at radius 1 is 1.07 bits per heavy atom. The lowest BCUT2D eigenvalue weighted by Gasteiger charge is -2.09. The Morgan fingerprint density at radius 3 is 2.50 bits per heavy atom. The molecule has 2 aromatic carbocycles. The maximum atomic E-state index is 13.2. The summed E-state index contributed by atoms with van der Waals surface area (Å²) in [6, 6.07) is 17.9. The van der Waals surface area contributed by atoms with Crippen molar-refractivity contribution in [3.8, 4) is 5.69 Å². The normalized spacial score (nSPS) is 16.8.